The summed E-state index contributed by atoms with van der Waals surface area (Å²) in [5, 5.41) is 4.87. The van der Waals surface area contributed by atoms with Crippen LogP contribution in [0.15, 0.2) is 42.5 Å². The number of nitrogens with one attached hydrogen (secondary N) is 1. The molecule has 0 fully saturated rings. The Morgan fingerprint density at radius 1 is 1.08 bits per heavy atom. The Balaban J connectivity index is 2.09. The third kappa shape index (κ3) is 4.55. The van der Waals surface area contributed by atoms with Crippen LogP contribution in [0.5, 0.6) is 0 Å². The van der Waals surface area contributed by atoms with Crippen molar-refractivity contribution in [1.82, 2.24) is 5.32 Å². The Bertz CT molecular complexity index is 722. The first-order valence-electron chi connectivity index (χ1n) is 8.20. The molecule has 0 saturated heterocycles. The van der Waals surface area contributed by atoms with Crippen molar-refractivity contribution in [3.8, 4) is 0 Å². The highest BCUT2D eigenvalue weighted by atomic mass is 16.2. The minimum atomic E-state index is -0.732. The lowest BCUT2D eigenvalue weighted by molar-refractivity contribution is -0.128. The van der Waals surface area contributed by atoms with Gasteiger partial charge in [0.05, 0.1) is 6.04 Å². The van der Waals surface area contributed by atoms with E-state index in [0.29, 0.717) is 12.8 Å². The lowest BCUT2D eigenvalue weighted by Crippen LogP contribution is -2.51. The van der Waals surface area contributed by atoms with E-state index in [0.717, 1.165) is 16.3 Å². The molecule has 0 heterocycles. The summed E-state index contributed by atoms with van der Waals surface area (Å²) in [6, 6.07) is 12.5. The maximum atomic E-state index is 12.3. The lowest BCUT2D eigenvalue weighted by atomic mass is 9.98. The minimum absolute atomic E-state index is 0.247. The summed E-state index contributed by atoms with van der Waals surface area (Å²) in [5.74, 6) is -0.640. The molecule has 5 N–H and O–H groups in total. The number of nitrogens with two attached hydrogens (primary N) is 2. The Morgan fingerprint density at radius 3 is 2.42 bits per heavy atom. The molecule has 0 aliphatic heterocycles. The highest BCUT2D eigenvalue weighted by molar-refractivity contribution is 5.90. The maximum absolute atomic E-state index is 12.3. The van der Waals surface area contributed by atoms with Crippen LogP contribution in [0.25, 0.3) is 10.8 Å². The summed E-state index contributed by atoms with van der Waals surface area (Å²) in [5.41, 5.74) is 12.4. The Hall–Kier alpha value is -2.40. The zero-order chi connectivity index (χ0) is 17.7. The average molecular weight is 327 g/mol. The number of hydrogen-bond acceptors (Lipinski definition) is 3. The zero-order valence-electron chi connectivity index (χ0n) is 14.2. The topological polar surface area (TPSA) is 98.2 Å². The van der Waals surface area contributed by atoms with Crippen LogP contribution in [0, 0.1) is 5.92 Å². The first-order valence-corrected chi connectivity index (χ1v) is 8.20. The Labute approximate surface area is 142 Å². The first kappa shape index (κ1) is 17.9. The van der Waals surface area contributed by atoms with Crippen LogP contribution in [0.3, 0.4) is 0 Å². The van der Waals surface area contributed by atoms with Gasteiger partial charge in [-0.25, -0.2) is 0 Å². The molecule has 0 radical (unpaired) electrons. The van der Waals surface area contributed by atoms with E-state index in [9.17, 15) is 9.59 Å². The lowest BCUT2D eigenvalue weighted by Gasteiger charge is -2.20. The van der Waals surface area contributed by atoms with Crippen molar-refractivity contribution >= 4 is 22.6 Å². The third-order valence-corrected chi connectivity index (χ3v) is 4.02. The number of hydrogen-bond donors (Lipinski definition) is 3. The number of benzene rings is 2. The van der Waals surface area contributed by atoms with Crippen LogP contribution in [0.4, 0.5) is 0 Å². The molecule has 0 aliphatic rings. The van der Waals surface area contributed by atoms with E-state index in [1.807, 2.05) is 56.3 Å². The van der Waals surface area contributed by atoms with Crippen molar-refractivity contribution < 1.29 is 9.59 Å². The predicted molar refractivity (Wildman–Crippen MR) is 96.2 cm³/mol. The van der Waals surface area contributed by atoms with Crippen LogP contribution in [0.2, 0.25) is 0 Å². The van der Waals surface area contributed by atoms with Crippen LogP contribution < -0.4 is 16.8 Å². The van der Waals surface area contributed by atoms with Gasteiger partial charge in [0, 0.05) is 0 Å². The van der Waals surface area contributed by atoms with Crippen molar-refractivity contribution in [3.05, 3.63) is 48.0 Å². The molecule has 2 amide bonds. The monoisotopic (exact) mass is 327 g/mol. The number of amides is 2. The van der Waals surface area contributed by atoms with Crippen LogP contribution >= 0.6 is 0 Å². The molecule has 24 heavy (non-hydrogen) atoms. The molecule has 0 bridgehead atoms. The number of rotatable bonds is 7. The summed E-state index contributed by atoms with van der Waals surface area (Å²) >= 11 is 0. The fourth-order valence-corrected chi connectivity index (χ4v) is 2.80. The standard InChI is InChI=1S/C19H25N3O2/c1-12(2)10-17(18(21)23)22-19(24)16(20)11-14-8-5-7-13-6-3-4-9-15(13)14/h3-9,12,16-17H,10-11,20H2,1-2H3,(H2,21,23)(H,22,24)/t16-,17+/m1/s1. The van der Waals surface area contributed by atoms with E-state index in [4.69, 9.17) is 11.5 Å². The van der Waals surface area contributed by atoms with Gasteiger partial charge in [-0.05, 0) is 35.1 Å². The molecule has 2 aromatic carbocycles. The fraction of sp³-hybridized carbons (Fsp3) is 0.368. The Morgan fingerprint density at radius 2 is 1.75 bits per heavy atom. The zero-order valence-corrected chi connectivity index (χ0v) is 14.2. The quantitative estimate of drug-likeness (QED) is 0.722. The molecule has 5 nitrogen and oxygen atoms in total. The highest BCUT2D eigenvalue weighted by Gasteiger charge is 2.23. The van der Waals surface area contributed by atoms with Gasteiger partial charge in [-0.1, -0.05) is 56.3 Å². The SMILES string of the molecule is CC(C)C[C@H](NC(=O)[C@H](N)Cc1cccc2ccccc12)C(N)=O. The number of fused-ring (bicyclic) bond motifs is 1. The summed E-state index contributed by atoms with van der Waals surface area (Å²) in [6.07, 6.45) is 0.905. The minimum Gasteiger partial charge on any atom is -0.368 e. The van der Waals surface area contributed by atoms with Crippen molar-refractivity contribution in [2.24, 2.45) is 17.4 Å². The Kier molecular flexibility index (Phi) is 5.93. The van der Waals surface area contributed by atoms with E-state index in [1.165, 1.54) is 0 Å². The smallest absolute Gasteiger partial charge is 0.240 e. The van der Waals surface area contributed by atoms with Crippen molar-refractivity contribution in [3.63, 3.8) is 0 Å². The van der Waals surface area contributed by atoms with Gasteiger partial charge in [0.1, 0.15) is 6.04 Å². The number of primary amides is 1. The number of carbonyl (C=O) groups is 2. The molecule has 2 atom stereocenters. The maximum Gasteiger partial charge on any atom is 0.240 e. The normalized spacial score (nSPS) is 13.7. The third-order valence-electron chi connectivity index (χ3n) is 4.02. The summed E-state index contributed by atoms with van der Waals surface area (Å²) in [7, 11) is 0. The molecule has 0 unspecified atom stereocenters. The van der Waals surface area contributed by atoms with E-state index in [2.05, 4.69) is 5.32 Å². The van der Waals surface area contributed by atoms with E-state index in [1.54, 1.807) is 0 Å². The predicted octanol–water partition coefficient (Wildman–Crippen LogP) is 1.73. The molecule has 0 spiro atoms. The van der Waals surface area contributed by atoms with Crippen LogP contribution in [-0.4, -0.2) is 23.9 Å². The molecule has 0 aromatic heterocycles. The first-order chi connectivity index (χ1) is 11.4. The second-order valence-corrected chi connectivity index (χ2v) is 6.54. The van der Waals surface area contributed by atoms with Gasteiger partial charge < -0.3 is 16.8 Å². The molecule has 5 heteroatoms. The molecule has 0 aliphatic carbocycles. The van der Waals surface area contributed by atoms with Gasteiger partial charge in [0.2, 0.25) is 11.8 Å². The molecule has 0 saturated carbocycles. The molecular formula is C19H25N3O2. The van der Waals surface area contributed by atoms with Gasteiger partial charge in [-0.15, -0.1) is 0 Å². The van der Waals surface area contributed by atoms with Gasteiger partial charge in [0.15, 0.2) is 0 Å². The van der Waals surface area contributed by atoms with Crippen molar-refractivity contribution in [1.29, 1.82) is 0 Å². The molecule has 128 valence electrons. The van der Waals surface area contributed by atoms with Gasteiger partial charge in [-0.3, -0.25) is 9.59 Å². The van der Waals surface area contributed by atoms with Crippen LogP contribution in [-0.2, 0) is 16.0 Å². The summed E-state index contributed by atoms with van der Waals surface area (Å²) in [4.78, 5) is 23.8. The van der Waals surface area contributed by atoms with Gasteiger partial charge >= 0.3 is 0 Å². The fourth-order valence-electron chi connectivity index (χ4n) is 2.80. The molecule has 2 aromatic rings. The van der Waals surface area contributed by atoms with Crippen molar-refractivity contribution in [2.45, 2.75) is 38.8 Å². The second kappa shape index (κ2) is 7.93. The van der Waals surface area contributed by atoms with Gasteiger partial charge in [-0.2, -0.15) is 0 Å². The summed E-state index contributed by atoms with van der Waals surface area (Å²) in [6.45, 7) is 3.94. The van der Waals surface area contributed by atoms with E-state index >= 15 is 0 Å². The molecular weight excluding hydrogens is 302 g/mol. The molecule has 2 rings (SSSR count). The largest absolute Gasteiger partial charge is 0.368 e. The van der Waals surface area contributed by atoms with Crippen LogP contribution in [0.1, 0.15) is 25.8 Å². The van der Waals surface area contributed by atoms with E-state index < -0.39 is 18.0 Å². The van der Waals surface area contributed by atoms with Crippen molar-refractivity contribution in [2.75, 3.05) is 0 Å². The highest BCUT2D eigenvalue weighted by Crippen LogP contribution is 2.19. The second-order valence-electron chi connectivity index (χ2n) is 6.54. The number of carbonyl (C=O) groups excluding carboxylic acids is 2. The van der Waals surface area contributed by atoms with E-state index in [-0.39, 0.29) is 11.8 Å². The summed E-state index contributed by atoms with van der Waals surface area (Å²) < 4.78 is 0. The van der Waals surface area contributed by atoms with Gasteiger partial charge in [0.25, 0.3) is 0 Å². The average Bonchev–Trinajstić information content (AvgIpc) is 2.54.